The molecule has 0 rings (SSSR count). The minimum Gasteiger partial charge on any atom is -0.477 e. The highest BCUT2D eigenvalue weighted by molar-refractivity contribution is 6.22. The van der Waals surface area contributed by atoms with E-state index >= 15 is 0 Å². The van der Waals surface area contributed by atoms with E-state index in [9.17, 15) is 4.79 Å². The van der Waals surface area contributed by atoms with Gasteiger partial charge in [-0.25, -0.2) is 9.32 Å². The van der Waals surface area contributed by atoms with E-state index in [1.807, 2.05) is 0 Å². The number of nitrogens with zero attached hydrogens (tertiary/aromatic N) is 2. The summed E-state index contributed by atoms with van der Waals surface area (Å²) < 4.78 is 0.883. The summed E-state index contributed by atoms with van der Waals surface area (Å²) in [6.07, 6.45) is 0.701. The molecule has 0 aromatic carbocycles. The zero-order valence-electron chi connectivity index (χ0n) is 4.21. The van der Waals surface area contributed by atoms with Gasteiger partial charge < -0.3 is 5.11 Å². The highest BCUT2D eigenvalue weighted by Gasteiger charge is 1.85. The summed E-state index contributed by atoms with van der Waals surface area (Å²) in [4.78, 5) is 9.67. The van der Waals surface area contributed by atoms with Gasteiger partial charge in [0.15, 0.2) is 0 Å². The quantitative estimate of drug-likeness (QED) is 0.334. The van der Waals surface area contributed by atoms with Gasteiger partial charge in [0.2, 0.25) is 0 Å². The van der Waals surface area contributed by atoms with Gasteiger partial charge in [0.05, 0.1) is 0 Å². The van der Waals surface area contributed by atoms with Crippen LogP contribution >= 0.6 is 11.8 Å². The number of halogens is 1. The molecule has 4 nitrogen and oxygen atoms in total. The third-order valence-electron chi connectivity index (χ3n) is 0.327. The Bertz CT molecular complexity index is 112. The van der Waals surface area contributed by atoms with Gasteiger partial charge >= 0.3 is 5.97 Å². The lowest BCUT2D eigenvalue weighted by Crippen LogP contribution is -2.00. The van der Waals surface area contributed by atoms with Crippen LogP contribution in [0.3, 0.4) is 0 Å². The van der Waals surface area contributed by atoms with Crippen molar-refractivity contribution in [3.63, 3.8) is 0 Å². The lowest BCUT2D eigenvalue weighted by atomic mass is 10.8. The highest BCUT2D eigenvalue weighted by Crippen LogP contribution is 1.83. The molecule has 5 heteroatoms. The molecule has 0 unspecified atom stereocenters. The van der Waals surface area contributed by atoms with Gasteiger partial charge in [-0.2, -0.15) is 5.10 Å². The van der Waals surface area contributed by atoms with Gasteiger partial charge in [-0.05, 0) is 0 Å². The first-order valence-corrected chi connectivity index (χ1v) is 2.13. The molecule has 0 amide bonds. The molecule has 8 heavy (non-hydrogen) atoms. The molecular weight excluding hydrogens is 131 g/mol. The third-order valence-corrected chi connectivity index (χ3v) is 0.415. The predicted octanol–water partition coefficient (Wildman–Crippen LogP) is 0.142. The van der Waals surface area contributed by atoms with Gasteiger partial charge in [0.1, 0.15) is 6.21 Å². The van der Waals surface area contributed by atoms with Crippen LogP contribution in [0.5, 0.6) is 0 Å². The Balaban J connectivity index is 3.50. The van der Waals surface area contributed by atoms with Gasteiger partial charge in [-0.3, -0.25) is 0 Å². The van der Waals surface area contributed by atoms with Crippen molar-refractivity contribution in [2.45, 2.75) is 0 Å². The topological polar surface area (TPSA) is 52.9 Å². The molecule has 0 spiro atoms. The standard InChI is InChI=1S/C3H5ClN2O2/c1-6(4)5-2-3(7)8/h2H,1H3,(H,7,8). The molecule has 0 aliphatic carbocycles. The lowest BCUT2D eigenvalue weighted by molar-refractivity contribution is -0.128. The number of hydrogen-bond acceptors (Lipinski definition) is 3. The summed E-state index contributed by atoms with van der Waals surface area (Å²) >= 11 is 5.09. The minimum absolute atomic E-state index is 0.701. The SMILES string of the molecule is CN(Cl)N=CC(=O)O. The second kappa shape index (κ2) is 3.26. The van der Waals surface area contributed by atoms with Gasteiger partial charge in [0, 0.05) is 18.8 Å². The molecule has 46 valence electrons. The summed E-state index contributed by atoms with van der Waals surface area (Å²) in [6, 6.07) is 0. The fraction of sp³-hybridized carbons (Fsp3) is 0.333. The van der Waals surface area contributed by atoms with E-state index in [1.54, 1.807) is 0 Å². The average molecular weight is 137 g/mol. The normalized spacial score (nSPS) is 9.75. The summed E-state index contributed by atoms with van der Waals surface area (Å²) in [5.74, 6) is -1.11. The Morgan fingerprint density at radius 2 is 2.50 bits per heavy atom. The molecule has 0 saturated heterocycles. The zero-order chi connectivity index (χ0) is 6.57. The molecule has 0 saturated carbocycles. The first-order chi connectivity index (χ1) is 3.63. The number of aliphatic carboxylic acids is 1. The second-order valence-electron chi connectivity index (χ2n) is 1.03. The Labute approximate surface area is 51.5 Å². The van der Waals surface area contributed by atoms with E-state index in [1.165, 1.54) is 7.05 Å². The molecule has 0 aromatic heterocycles. The maximum absolute atomic E-state index is 9.67. The fourth-order valence-corrected chi connectivity index (χ4v) is 0.173. The molecule has 0 aromatic rings. The Kier molecular flexibility index (Phi) is 2.95. The van der Waals surface area contributed by atoms with E-state index in [4.69, 9.17) is 16.9 Å². The number of hydrogen-bond donors (Lipinski definition) is 1. The molecule has 0 bridgehead atoms. The van der Waals surface area contributed by atoms with Gasteiger partial charge in [-0.1, -0.05) is 0 Å². The van der Waals surface area contributed by atoms with Crippen molar-refractivity contribution < 1.29 is 9.90 Å². The number of carboxylic acids is 1. The minimum atomic E-state index is -1.11. The van der Waals surface area contributed by atoms with Crippen LogP contribution in [0.15, 0.2) is 5.10 Å². The van der Waals surface area contributed by atoms with Gasteiger partial charge in [0.25, 0.3) is 0 Å². The van der Waals surface area contributed by atoms with Crippen molar-refractivity contribution in [1.29, 1.82) is 0 Å². The van der Waals surface area contributed by atoms with Crippen LogP contribution in [0.25, 0.3) is 0 Å². The number of carboxylic acid groups (broad SMARTS) is 1. The van der Waals surface area contributed by atoms with Crippen LogP contribution in [-0.4, -0.2) is 28.9 Å². The maximum atomic E-state index is 9.67. The largest absolute Gasteiger partial charge is 0.477 e. The van der Waals surface area contributed by atoms with E-state index < -0.39 is 5.97 Å². The molecule has 0 fully saturated rings. The monoisotopic (exact) mass is 136 g/mol. The van der Waals surface area contributed by atoms with Crippen LogP contribution in [-0.2, 0) is 4.79 Å². The summed E-state index contributed by atoms with van der Waals surface area (Å²) in [6.45, 7) is 0. The summed E-state index contributed by atoms with van der Waals surface area (Å²) in [5, 5.41) is 11.1. The van der Waals surface area contributed by atoms with E-state index in [-0.39, 0.29) is 0 Å². The average Bonchev–Trinajstić information content (AvgIpc) is 1.61. The van der Waals surface area contributed by atoms with Crippen molar-refractivity contribution in [2.24, 2.45) is 5.10 Å². The maximum Gasteiger partial charge on any atom is 0.348 e. The summed E-state index contributed by atoms with van der Waals surface area (Å²) in [7, 11) is 1.42. The number of rotatable bonds is 2. The molecule has 0 atom stereocenters. The van der Waals surface area contributed by atoms with Crippen molar-refractivity contribution in [2.75, 3.05) is 7.05 Å². The highest BCUT2D eigenvalue weighted by atomic mass is 35.5. The molecule has 0 heterocycles. The molecular formula is C3H5ClN2O2. The molecule has 0 aliphatic heterocycles. The predicted molar refractivity (Wildman–Crippen MR) is 29.7 cm³/mol. The third kappa shape index (κ3) is 5.23. The zero-order valence-corrected chi connectivity index (χ0v) is 4.96. The lowest BCUT2D eigenvalue weighted by Gasteiger charge is -1.94. The number of hydrazone groups is 1. The Hall–Kier alpha value is -0.770. The molecule has 1 N–H and O–H groups in total. The Morgan fingerprint density at radius 3 is 2.62 bits per heavy atom. The van der Waals surface area contributed by atoms with Crippen LogP contribution in [0, 0.1) is 0 Å². The Morgan fingerprint density at radius 1 is 2.00 bits per heavy atom. The van der Waals surface area contributed by atoms with Gasteiger partial charge in [-0.15, -0.1) is 0 Å². The summed E-state index contributed by atoms with van der Waals surface area (Å²) in [5.41, 5.74) is 0. The first-order valence-electron chi connectivity index (χ1n) is 1.79. The van der Waals surface area contributed by atoms with Crippen molar-refractivity contribution >= 4 is 24.0 Å². The van der Waals surface area contributed by atoms with Crippen LogP contribution < -0.4 is 0 Å². The first kappa shape index (κ1) is 7.23. The molecule has 0 aliphatic rings. The van der Waals surface area contributed by atoms with E-state index in [0.29, 0.717) is 6.21 Å². The van der Waals surface area contributed by atoms with E-state index in [2.05, 4.69) is 5.10 Å². The van der Waals surface area contributed by atoms with Crippen LogP contribution in [0.2, 0.25) is 0 Å². The molecule has 0 radical (unpaired) electrons. The van der Waals surface area contributed by atoms with Crippen molar-refractivity contribution in [3.8, 4) is 0 Å². The van der Waals surface area contributed by atoms with Crippen LogP contribution in [0.4, 0.5) is 0 Å². The van der Waals surface area contributed by atoms with Crippen molar-refractivity contribution in [1.82, 2.24) is 4.53 Å². The smallest absolute Gasteiger partial charge is 0.348 e. The van der Waals surface area contributed by atoms with Crippen molar-refractivity contribution in [3.05, 3.63) is 0 Å². The van der Waals surface area contributed by atoms with E-state index in [0.717, 1.165) is 4.53 Å². The van der Waals surface area contributed by atoms with Crippen LogP contribution in [0.1, 0.15) is 0 Å². The number of carbonyl (C=O) groups is 1. The fourth-order valence-electron chi connectivity index (χ4n) is 0.129. The second-order valence-corrected chi connectivity index (χ2v) is 1.52.